The number of halogens is 1. The number of methoxy groups -OCH3 is 1. The van der Waals surface area contributed by atoms with Gasteiger partial charge in [-0.15, -0.1) is 24.0 Å². The third kappa shape index (κ3) is 10.7. The van der Waals surface area contributed by atoms with Crippen molar-refractivity contribution in [3.8, 4) is 5.88 Å². The molecule has 1 saturated carbocycles. The molecule has 0 atom stereocenters. The fourth-order valence-corrected chi connectivity index (χ4v) is 2.32. The third-order valence-electron chi connectivity index (χ3n) is 3.94. The molecular weight excluding hydrogens is 459 g/mol. The van der Waals surface area contributed by atoms with Crippen molar-refractivity contribution in [1.82, 2.24) is 15.6 Å². The van der Waals surface area contributed by atoms with Gasteiger partial charge in [0.05, 0.1) is 13.2 Å². The predicted molar refractivity (Wildman–Crippen MR) is 118 cm³/mol. The summed E-state index contributed by atoms with van der Waals surface area (Å²) in [5.74, 6) is 2.22. The number of aliphatic imine (C=N–C) groups is 1. The quantitative estimate of drug-likeness (QED) is 0.191. The molecule has 1 aliphatic rings. The van der Waals surface area contributed by atoms with Crippen LogP contribution in [0.3, 0.4) is 0 Å². The van der Waals surface area contributed by atoms with E-state index >= 15 is 0 Å². The van der Waals surface area contributed by atoms with E-state index in [0.717, 1.165) is 50.2 Å². The Labute approximate surface area is 179 Å². The molecule has 1 aromatic heterocycles. The summed E-state index contributed by atoms with van der Waals surface area (Å²) >= 11 is 0. The second-order valence-corrected chi connectivity index (χ2v) is 6.30. The molecule has 0 spiro atoms. The SMILES string of the molecule is CCNC(=NCc1cccnc1OCCOC)NCCCOCC1CC1.I. The van der Waals surface area contributed by atoms with Crippen LogP contribution in [0.25, 0.3) is 0 Å². The first-order chi connectivity index (χ1) is 12.8. The Bertz CT molecular complexity index is 541. The molecule has 0 amide bonds. The van der Waals surface area contributed by atoms with Gasteiger partial charge >= 0.3 is 0 Å². The lowest BCUT2D eigenvalue weighted by Gasteiger charge is -2.12. The van der Waals surface area contributed by atoms with E-state index in [9.17, 15) is 0 Å². The molecule has 0 unspecified atom stereocenters. The van der Waals surface area contributed by atoms with Crippen molar-refractivity contribution in [3.05, 3.63) is 23.9 Å². The monoisotopic (exact) mass is 492 g/mol. The van der Waals surface area contributed by atoms with Gasteiger partial charge in [-0.1, -0.05) is 6.07 Å². The van der Waals surface area contributed by atoms with Crippen LogP contribution in [0.2, 0.25) is 0 Å². The largest absolute Gasteiger partial charge is 0.475 e. The Balaban J connectivity index is 0.00000364. The van der Waals surface area contributed by atoms with Gasteiger partial charge in [0.15, 0.2) is 5.96 Å². The molecule has 0 aliphatic heterocycles. The van der Waals surface area contributed by atoms with Gasteiger partial charge < -0.3 is 24.8 Å². The number of ether oxygens (including phenoxy) is 3. The van der Waals surface area contributed by atoms with Gasteiger partial charge in [-0.3, -0.25) is 0 Å². The zero-order valence-corrected chi connectivity index (χ0v) is 18.7. The molecule has 7 nitrogen and oxygen atoms in total. The molecule has 1 fully saturated rings. The zero-order valence-electron chi connectivity index (χ0n) is 16.4. The van der Waals surface area contributed by atoms with Crippen LogP contribution in [-0.4, -0.2) is 57.6 Å². The Morgan fingerprint density at radius 3 is 2.85 bits per heavy atom. The van der Waals surface area contributed by atoms with E-state index in [0.29, 0.717) is 25.6 Å². The molecule has 1 aromatic rings. The molecule has 27 heavy (non-hydrogen) atoms. The van der Waals surface area contributed by atoms with Gasteiger partial charge in [0, 0.05) is 45.2 Å². The number of nitrogens with one attached hydrogen (secondary N) is 2. The van der Waals surface area contributed by atoms with Crippen LogP contribution >= 0.6 is 24.0 Å². The minimum absolute atomic E-state index is 0. The lowest BCUT2D eigenvalue weighted by atomic mass is 10.3. The van der Waals surface area contributed by atoms with Crippen molar-refractivity contribution < 1.29 is 14.2 Å². The second-order valence-electron chi connectivity index (χ2n) is 6.30. The van der Waals surface area contributed by atoms with E-state index in [4.69, 9.17) is 14.2 Å². The number of rotatable bonds is 13. The zero-order chi connectivity index (χ0) is 18.5. The van der Waals surface area contributed by atoms with Crippen molar-refractivity contribution in [1.29, 1.82) is 0 Å². The molecule has 154 valence electrons. The predicted octanol–water partition coefficient (Wildman–Crippen LogP) is 2.60. The van der Waals surface area contributed by atoms with E-state index in [-0.39, 0.29) is 24.0 Å². The normalized spacial score (nSPS) is 13.8. The van der Waals surface area contributed by atoms with Gasteiger partial charge in [0.2, 0.25) is 5.88 Å². The van der Waals surface area contributed by atoms with Gasteiger partial charge in [0.25, 0.3) is 0 Å². The molecule has 0 saturated heterocycles. The maximum atomic E-state index is 5.66. The molecular formula is C19H33IN4O3. The highest BCUT2D eigenvalue weighted by molar-refractivity contribution is 14.0. The topological polar surface area (TPSA) is 77.0 Å². The molecule has 0 aromatic carbocycles. The first-order valence-electron chi connectivity index (χ1n) is 9.49. The van der Waals surface area contributed by atoms with E-state index in [1.54, 1.807) is 13.3 Å². The van der Waals surface area contributed by atoms with E-state index in [1.165, 1.54) is 12.8 Å². The lowest BCUT2D eigenvalue weighted by molar-refractivity contribution is 0.123. The number of hydrogen-bond acceptors (Lipinski definition) is 5. The summed E-state index contributed by atoms with van der Waals surface area (Å²) in [5.41, 5.74) is 0.952. The molecule has 1 heterocycles. The maximum absolute atomic E-state index is 5.66. The van der Waals surface area contributed by atoms with Crippen LogP contribution in [-0.2, 0) is 16.0 Å². The fourth-order valence-electron chi connectivity index (χ4n) is 2.32. The van der Waals surface area contributed by atoms with Gasteiger partial charge in [0.1, 0.15) is 6.61 Å². The van der Waals surface area contributed by atoms with Crippen LogP contribution in [0, 0.1) is 5.92 Å². The Hall–Kier alpha value is -1.13. The number of hydrogen-bond donors (Lipinski definition) is 2. The van der Waals surface area contributed by atoms with Crippen LogP contribution in [0.4, 0.5) is 0 Å². The Morgan fingerprint density at radius 2 is 2.11 bits per heavy atom. The van der Waals surface area contributed by atoms with Crippen molar-refractivity contribution in [2.24, 2.45) is 10.9 Å². The molecule has 2 rings (SSSR count). The van der Waals surface area contributed by atoms with E-state index in [1.807, 2.05) is 12.1 Å². The molecule has 0 radical (unpaired) electrons. The minimum atomic E-state index is 0. The van der Waals surface area contributed by atoms with Crippen LogP contribution in [0.1, 0.15) is 31.7 Å². The van der Waals surface area contributed by atoms with Crippen molar-refractivity contribution >= 4 is 29.9 Å². The van der Waals surface area contributed by atoms with E-state index < -0.39 is 0 Å². The first kappa shape index (κ1) is 23.9. The highest BCUT2D eigenvalue weighted by Crippen LogP contribution is 2.28. The number of aromatic nitrogens is 1. The average molecular weight is 492 g/mol. The molecule has 1 aliphatic carbocycles. The summed E-state index contributed by atoms with van der Waals surface area (Å²) in [7, 11) is 1.65. The van der Waals surface area contributed by atoms with E-state index in [2.05, 4.69) is 27.5 Å². The third-order valence-corrected chi connectivity index (χ3v) is 3.94. The second kappa shape index (κ2) is 14.9. The summed E-state index contributed by atoms with van der Waals surface area (Å²) in [6.07, 6.45) is 5.36. The first-order valence-corrected chi connectivity index (χ1v) is 9.49. The summed E-state index contributed by atoms with van der Waals surface area (Å²) in [4.78, 5) is 8.92. The van der Waals surface area contributed by atoms with Crippen LogP contribution in [0.15, 0.2) is 23.3 Å². The van der Waals surface area contributed by atoms with Gasteiger partial charge in [-0.05, 0) is 38.2 Å². The van der Waals surface area contributed by atoms with Crippen molar-refractivity contribution in [2.45, 2.75) is 32.7 Å². The smallest absolute Gasteiger partial charge is 0.218 e. The molecule has 0 bridgehead atoms. The summed E-state index contributed by atoms with van der Waals surface area (Å²) < 4.78 is 16.3. The van der Waals surface area contributed by atoms with Crippen molar-refractivity contribution in [2.75, 3.05) is 46.6 Å². The summed E-state index contributed by atoms with van der Waals surface area (Å²) in [6.45, 7) is 6.93. The minimum Gasteiger partial charge on any atom is -0.475 e. The highest BCUT2D eigenvalue weighted by Gasteiger charge is 2.20. The van der Waals surface area contributed by atoms with Gasteiger partial charge in [-0.2, -0.15) is 0 Å². The standard InChI is InChI=1S/C19H32N4O3.HI/c1-3-20-19(22-10-5-11-25-15-16-7-8-16)23-14-17-6-4-9-21-18(17)26-13-12-24-2;/h4,6,9,16H,3,5,7-8,10-15H2,1-2H3,(H2,20,22,23);1H. The van der Waals surface area contributed by atoms with Gasteiger partial charge in [-0.25, -0.2) is 9.98 Å². The fraction of sp³-hybridized carbons (Fsp3) is 0.684. The Morgan fingerprint density at radius 1 is 1.26 bits per heavy atom. The van der Waals surface area contributed by atoms with Crippen LogP contribution < -0.4 is 15.4 Å². The molecule has 8 heteroatoms. The highest BCUT2D eigenvalue weighted by atomic mass is 127. The number of nitrogens with zero attached hydrogens (tertiary/aromatic N) is 2. The molecule has 2 N–H and O–H groups in total. The number of guanidine groups is 1. The van der Waals surface area contributed by atoms with Crippen LogP contribution in [0.5, 0.6) is 5.88 Å². The number of pyridine rings is 1. The average Bonchev–Trinajstić information content (AvgIpc) is 3.48. The Kier molecular flexibility index (Phi) is 13.2. The lowest BCUT2D eigenvalue weighted by Crippen LogP contribution is -2.38. The maximum Gasteiger partial charge on any atom is 0.218 e. The summed E-state index contributed by atoms with van der Waals surface area (Å²) in [6, 6.07) is 3.87. The van der Waals surface area contributed by atoms with Crippen molar-refractivity contribution in [3.63, 3.8) is 0 Å². The summed E-state index contributed by atoms with van der Waals surface area (Å²) in [5, 5.41) is 6.60.